The van der Waals surface area contributed by atoms with Gasteiger partial charge in [0.25, 0.3) is 0 Å². The molecule has 0 aliphatic rings. The lowest BCUT2D eigenvalue weighted by molar-refractivity contribution is 0.132. The number of aromatic nitrogens is 1. The molecule has 0 saturated carbocycles. The molecule has 4 aromatic carbocycles. The molecule has 0 amide bonds. The zero-order chi connectivity index (χ0) is 29.4. The maximum atomic E-state index is 6.77. The van der Waals surface area contributed by atoms with Gasteiger partial charge in [0.2, 0.25) is 0 Å². The van der Waals surface area contributed by atoms with Gasteiger partial charge in [-0.3, -0.25) is 0 Å². The standard InChI is InChI=1S/C39H43NO/c1-9-16-35-31(10-2)32-19-14-15-20-36(32)40(35)30-23-21-28(22-24-30)34-26-29(38(3,4)5)25-33(27-17-12-11-13-18-27)37(34)41-39(6,7)8/h9,11-26H,10H2,1-8H3/b16-9-. The highest BCUT2D eigenvalue weighted by atomic mass is 16.5. The molecule has 1 aromatic heterocycles. The van der Waals surface area contributed by atoms with E-state index in [1.165, 1.54) is 27.7 Å². The van der Waals surface area contributed by atoms with E-state index in [1.54, 1.807) is 0 Å². The molecule has 41 heavy (non-hydrogen) atoms. The van der Waals surface area contributed by atoms with E-state index in [2.05, 4.69) is 163 Å². The number of allylic oxidation sites excluding steroid dienone is 1. The van der Waals surface area contributed by atoms with Gasteiger partial charge in [-0.2, -0.15) is 0 Å². The zero-order valence-electron chi connectivity index (χ0n) is 25.9. The number of rotatable bonds is 6. The molecule has 0 aliphatic carbocycles. The summed E-state index contributed by atoms with van der Waals surface area (Å²) in [6, 6.07) is 33.0. The molecule has 0 spiro atoms. The molecule has 2 nitrogen and oxygen atoms in total. The molecule has 210 valence electrons. The van der Waals surface area contributed by atoms with Crippen LogP contribution in [0.3, 0.4) is 0 Å². The first-order valence-corrected chi connectivity index (χ1v) is 14.8. The van der Waals surface area contributed by atoms with Gasteiger partial charge in [0.1, 0.15) is 11.4 Å². The van der Waals surface area contributed by atoms with Crippen molar-refractivity contribution in [3.8, 4) is 33.7 Å². The summed E-state index contributed by atoms with van der Waals surface area (Å²) < 4.78 is 9.16. The van der Waals surface area contributed by atoms with Crippen LogP contribution >= 0.6 is 0 Å². The van der Waals surface area contributed by atoms with Crippen LogP contribution < -0.4 is 4.74 Å². The maximum Gasteiger partial charge on any atom is 0.135 e. The van der Waals surface area contributed by atoms with Gasteiger partial charge in [-0.1, -0.05) is 94.4 Å². The van der Waals surface area contributed by atoms with Gasteiger partial charge in [0.15, 0.2) is 0 Å². The summed E-state index contributed by atoms with van der Waals surface area (Å²) in [4.78, 5) is 0. The lowest BCUT2D eigenvalue weighted by Crippen LogP contribution is -2.24. The van der Waals surface area contributed by atoms with Crippen molar-refractivity contribution in [1.29, 1.82) is 0 Å². The third kappa shape index (κ3) is 5.75. The number of fused-ring (bicyclic) bond motifs is 1. The first-order chi connectivity index (χ1) is 19.5. The molecule has 0 unspecified atom stereocenters. The summed E-state index contributed by atoms with van der Waals surface area (Å²) in [6.45, 7) is 17.5. The molecule has 2 heteroatoms. The third-order valence-corrected chi connectivity index (χ3v) is 7.58. The van der Waals surface area contributed by atoms with Gasteiger partial charge in [0, 0.05) is 27.9 Å². The molecule has 0 aliphatic heterocycles. The molecular weight excluding hydrogens is 498 g/mol. The summed E-state index contributed by atoms with van der Waals surface area (Å²) in [5, 5.41) is 1.32. The van der Waals surface area contributed by atoms with E-state index in [4.69, 9.17) is 4.74 Å². The Morgan fingerprint density at radius 3 is 1.88 bits per heavy atom. The van der Waals surface area contributed by atoms with Crippen molar-refractivity contribution in [3.05, 3.63) is 114 Å². The van der Waals surface area contributed by atoms with Gasteiger partial charge >= 0.3 is 0 Å². The highest BCUT2D eigenvalue weighted by molar-refractivity contribution is 5.90. The van der Waals surface area contributed by atoms with Crippen molar-refractivity contribution in [2.75, 3.05) is 0 Å². The number of para-hydroxylation sites is 1. The number of nitrogens with zero attached hydrogens (tertiary/aromatic N) is 1. The lowest BCUT2D eigenvalue weighted by Gasteiger charge is -2.29. The second-order valence-electron chi connectivity index (χ2n) is 12.8. The van der Waals surface area contributed by atoms with E-state index in [1.807, 2.05) is 0 Å². The number of benzene rings is 4. The van der Waals surface area contributed by atoms with Crippen molar-refractivity contribution in [2.24, 2.45) is 0 Å². The molecule has 5 rings (SSSR count). The predicted molar refractivity (Wildman–Crippen MR) is 177 cm³/mol. The van der Waals surface area contributed by atoms with Crippen molar-refractivity contribution >= 4 is 17.0 Å². The second kappa shape index (κ2) is 11.1. The lowest BCUT2D eigenvalue weighted by atomic mass is 9.82. The Morgan fingerprint density at radius 1 is 0.732 bits per heavy atom. The summed E-state index contributed by atoms with van der Waals surface area (Å²) in [5.74, 6) is 0.929. The largest absolute Gasteiger partial charge is 0.487 e. The van der Waals surface area contributed by atoms with Crippen LogP contribution in [0.2, 0.25) is 0 Å². The topological polar surface area (TPSA) is 14.2 Å². The molecule has 0 saturated heterocycles. The fourth-order valence-electron chi connectivity index (χ4n) is 5.62. The Labute approximate surface area is 246 Å². The second-order valence-corrected chi connectivity index (χ2v) is 12.8. The third-order valence-electron chi connectivity index (χ3n) is 7.58. The van der Waals surface area contributed by atoms with E-state index < -0.39 is 0 Å². The molecule has 0 atom stereocenters. The monoisotopic (exact) mass is 541 g/mol. The highest BCUT2D eigenvalue weighted by Crippen LogP contribution is 2.44. The summed E-state index contributed by atoms with van der Waals surface area (Å²) >= 11 is 0. The Kier molecular flexibility index (Phi) is 7.70. The van der Waals surface area contributed by atoms with Crippen LogP contribution in [0.4, 0.5) is 0 Å². The van der Waals surface area contributed by atoms with Crippen molar-refractivity contribution in [1.82, 2.24) is 4.57 Å². The van der Waals surface area contributed by atoms with E-state index in [9.17, 15) is 0 Å². The normalized spacial score (nSPS) is 12.4. The SMILES string of the molecule is C/C=C\c1c(CC)c2ccccc2n1-c1ccc(-c2cc(C(C)(C)C)cc(-c3ccccc3)c2OC(C)(C)C)cc1. The number of ether oxygens (including phenoxy) is 1. The van der Waals surface area contributed by atoms with Crippen LogP contribution in [0.15, 0.2) is 97.1 Å². The smallest absolute Gasteiger partial charge is 0.135 e. The fraction of sp³-hybridized carbons (Fsp3) is 0.282. The zero-order valence-corrected chi connectivity index (χ0v) is 25.9. The van der Waals surface area contributed by atoms with Gasteiger partial charge in [0.05, 0.1) is 5.52 Å². The Balaban J connectivity index is 1.73. The van der Waals surface area contributed by atoms with Crippen LogP contribution in [0, 0.1) is 0 Å². The van der Waals surface area contributed by atoms with E-state index in [0.29, 0.717) is 0 Å². The van der Waals surface area contributed by atoms with Crippen LogP contribution in [-0.4, -0.2) is 10.2 Å². The number of aryl methyl sites for hydroxylation is 1. The quantitative estimate of drug-likeness (QED) is 0.208. The van der Waals surface area contributed by atoms with Crippen molar-refractivity contribution in [3.63, 3.8) is 0 Å². The molecule has 0 fully saturated rings. The maximum absolute atomic E-state index is 6.77. The average Bonchev–Trinajstić information content (AvgIpc) is 3.25. The Hall–Kier alpha value is -4.04. The summed E-state index contributed by atoms with van der Waals surface area (Å²) in [5.41, 5.74) is 10.5. The molecule has 5 aromatic rings. The van der Waals surface area contributed by atoms with E-state index in [-0.39, 0.29) is 11.0 Å². The first kappa shape index (κ1) is 28.5. The van der Waals surface area contributed by atoms with Gasteiger partial charge in [-0.05, 0) is 98.2 Å². The minimum Gasteiger partial charge on any atom is -0.487 e. The molecule has 1 heterocycles. The molecular formula is C39H43NO. The minimum absolute atomic E-state index is 0.0134. The number of hydrogen-bond acceptors (Lipinski definition) is 1. The Bertz CT molecular complexity index is 1690. The van der Waals surface area contributed by atoms with Gasteiger partial charge < -0.3 is 9.30 Å². The summed E-state index contributed by atoms with van der Waals surface area (Å²) in [6.07, 6.45) is 5.36. The van der Waals surface area contributed by atoms with E-state index >= 15 is 0 Å². The van der Waals surface area contributed by atoms with Crippen LogP contribution in [0.5, 0.6) is 5.75 Å². The minimum atomic E-state index is -0.344. The van der Waals surface area contributed by atoms with E-state index in [0.717, 1.165) is 40.1 Å². The first-order valence-electron chi connectivity index (χ1n) is 14.8. The average molecular weight is 542 g/mol. The van der Waals surface area contributed by atoms with Crippen LogP contribution in [0.1, 0.15) is 72.2 Å². The Morgan fingerprint density at radius 2 is 1.32 bits per heavy atom. The van der Waals surface area contributed by atoms with Crippen molar-refractivity contribution in [2.45, 2.75) is 72.8 Å². The highest BCUT2D eigenvalue weighted by Gasteiger charge is 2.25. The van der Waals surface area contributed by atoms with Crippen LogP contribution in [0.25, 0.3) is 44.9 Å². The molecule has 0 N–H and O–H groups in total. The predicted octanol–water partition coefficient (Wildman–Crippen LogP) is 11.0. The van der Waals surface area contributed by atoms with Gasteiger partial charge in [-0.25, -0.2) is 0 Å². The summed E-state index contributed by atoms with van der Waals surface area (Å²) in [7, 11) is 0. The molecule has 0 radical (unpaired) electrons. The fourth-order valence-corrected chi connectivity index (χ4v) is 5.62. The van der Waals surface area contributed by atoms with Crippen molar-refractivity contribution < 1.29 is 4.74 Å². The van der Waals surface area contributed by atoms with Crippen LogP contribution in [-0.2, 0) is 11.8 Å². The van der Waals surface area contributed by atoms with Gasteiger partial charge in [-0.15, -0.1) is 0 Å². The molecule has 0 bridgehead atoms. The number of hydrogen-bond donors (Lipinski definition) is 0.